The molecule has 2 saturated carbocycles. The van der Waals surface area contributed by atoms with Gasteiger partial charge >= 0.3 is 0 Å². The molecule has 2 aliphatic heterocycles. The van der Waals surface area contributed by atoms with Gasteiger partial charge in [0.25, 0.3) is 0 Å². The second kappa shape index (κ2) is 5.53. The zero-order chi connectivity index (χ0) is 36.9. The lowest BCUT2D eigenvalue weighted by atomic mass is 9.63. The maximum atomic E-state index is 9.68. The third-order valence-corrected chi connectivity index (χ3v) is 3.71. The summed E-state index contributed by atoms with van der Waals surface area (Å²) in [7, 11) is 0. The SMILES string of the molecule is [2H]N1C2([2H])C([2H])([2H])C([2H])([2H])C([2H])([2H])C([2H])([2H])C2([2H])C2([2H])C([2H])([2H])C([2H])([2H])N([2H])C3(CC([2H])([2H])C([2H])(C(C)C)C([2H])([2H])C3([2H])[2H])C12[2H]. The number of hydrogen-bond acceptors (Lipinski definition) is 2. The van der Waals surface area contributed by atoms with Crippen LogP contribution in [0, 0.1) is 23.6 Å². The quantitative estimate of drug-likeness (QED) is 0.771. The Hall–Kier alpha value is -0.0800. The predicted molar refractivity (Wildman–Crippen MR) is 88.3 cm³/mol. The summed E-state index contributed by atoms with van der Waals surface area (Å²) in [6, 6.07) is -9.01. The van der Waals surface area contributed by atoms with Crippen LogP contribution in [-0.2, 0) is 0 Å². The Kier molecular flexibility index (Phi) is 0.913. The highest BCUT2D eigenvalue weighted by atomic mass is 15.1. The van der Waals surface area contributed by atoms with Crippen LogP contribution in [0.2, 0.25) is 2.82 Å². The molecule has 2 heterocycles. The number of hydrogen-bond donors (Lipinski definition) is 2. The summed E-state index contributed by atoms with van der Waals surface area (Å²) in [5, 5.41) is -1.65. The fourth-order valence-corrected chi connectivity index (χ4v) is 2.55. The van der Waals surface area contributed by atoms with Crippen molar-refractivity contribution >= 4 is 0 Å². The first-order chi connectivity index (χ1) is 19.7. The molecule has 0 aromatic rings. The van der Waals surface area contributed by atoms with Gasteiger partial charge in [0.1, 0.15) is 2.82 Å². The van der Waals surface area contributed by atoms with Crippen LogP contribution in [0.5, 0.6) is 0 Å². The largest absolute Gasteiger partial charge is 0.310 e. The molecule has 0 aromatic carbocycles. The minimum absolute atomic E-state index is 0.755. The Labute approximate surface area is 166 Å². The monoisotopic (exact) mass is 315 g/mol. The van der Waals surface area contributed by atoms with E-state index in [1.54, 1.807) is 0 Å². The van der Waals surface area contributed by atoms with Gasteiger partial charge < -0.3 is 10.6 Å². The highest BCUT2D eigenvalue weighted by molar-refractivity contribution is 5.14. The lowest BCUT2D eigenvalue weighted by Crippen LogP contribution is -2.65. The normalized spacial score (nSPS) is 109. The second-order valence-corrected chi connectivity index (χ2v) is 5.44. The summed E-state index contributed by atoms with van der Waals surface area (Å²) in [6.07, 6.45) is -35.6. The molecule has 2 nitrogen and oxygen atoms in total. The van der Waals surface area contributed by atoms with Gasteiger partial charge in [0.2, 0.25) is 0 Å². The van der Waals surface area contributed by atoms with Gasteiger partial charge in [-0.15, -0.1) is 0 Å². The van der Waals surface area contributed by atoms with Crippen molar-refractivity contribution in [3.05, 3.63) is 0 Å². The molecule has 4 fully saturated rings. The summed E-state index contributed by atoms with van der Waals surface area (Å²) in [5.74, 6) is -13.9. The molecule has 2 aliphatic carbocycles. The first kappa shape index (κ1) is 3.47. The summed E-state index contributed by atoms with van der Waals surface area (Å²) < 4.78 is 221. The first-order valence-corrected chi connectivity index (χ1v) is 6.79. The van der Waals surface area contributed by atoms with Crippen molar-refractivity contribution in [1.82, 2.24) is 10.6 Å². The molecule has 0 aromatic heterocycles. The van der Waals surface area contributed by atoms with E-state index in [0.717, 1.165) is 13.8 Å². The van der Waals surface area contributed by atoms with Crippen molar-refractivity contribution in [2.45, 2.75) is 88.8 Å². The van der Waals surface area contributed by atoms with Crippen molar-refractivity contribution in [3.8, 4) is 0 Å². The van der Waals surface area contributed by atoms with Gasteiger partial charge in [0, 0.05) is 49.1 Å². The third-order valence-electron chi connectivity index (χ3n) is 3.71. The average molecular weight is 316 g/mol. The molecule has 6 unspecified atom stereocenters. The molecule has 21 heavy (non-hydrogen) atoms. The number of fused-ring (bicyclic) bond motifs is 4. The lowest BCUT2D eigenvalue weighted by Gasteiger charge is -2.51. The van der Waals surface area contributed by atoms with Crippen molar-refractivity contribution in [1.29, 1.82) is 0 Å². The molecule has 0 radical (unpaired) electrons. The van der Waals surface area contributed by atoms with Crippen molar-refractivity contribution in [2.75, 3.05) is 6.50 Å². The van der Waals surface area contributed by atoms with Crippen LogP contribution >= 0.6 is 0 Å². The Morgan fingerprint density at radius 1 is 1.14 bits per heavy atom. The average Bonchev–Trinajstić information content (AvgIpc) is 3.00. The molecule has 6 atom stereocenters. The molecular weight excluding hydrogens is 256 g/mol. The van der Waals surface area contributed by atoms with E-state index in [4.69, 9.17) is 28.9 Å². The standard InChI is InChI=1S/C19H34N2/c1-13(2)14-7-10-19(11-8-14)18-16(9-12-20-19)15-5-3-4-6-17(15)21-18/h13-18,20-21H,3-12H2,1-2H3/i3D2,4D2,5D2,6D2,7D2,8D2,9D2,10D2,12D2,14D,15D,16D,17D,18D/hD2. The van der Waals surface area contributed by atoms with E-state index in [2.05, 4.69) is 0 Å². The molecule has 0 amide bonds. The summed E-state index contributed by atoms with van der Waals surface area (Å²) >= 11 is 0. The van der Waals surface area contributed by atoms with E-state index in [9.17, 15) is 5.48 Å². The number of nitrogens with one attached hydrogen (secondary N) is 2. The Morgan fingerprint density at radius 2 is 2.00 bits per heavy atom. The highest BCUT2D eigenvalue weighted by Gasteiger charge is 2.54. The Bertz CT molecular complexity index is 1350. The molecule has 2 N–H and O–H groups in total. The van der Waals surface area contributed by atoms with Gasteiger partial charge in [-0.1, -0.05) is 26.6 Å². The molecule has 4 aliphatic rings. The van der Waals surface area contributed by atoms with Crippen molar-refractivity contribution in [3.63, 3.8) is 0 Å². The van der Waals surface area contributed by atoms with Crippen LogP contribution in [0.4, 0.5) is 0 Å². The van der Waals surface area contributed by atoms with E-state index in [0.29, 0.717) is 0 Å². The van der Waals surface area contributed by atoms with Crippen LogP contribution in [-0.4, -0.2) is 24.1 Å². The molecule has 120 valence electrons. The molecule has 1 spiro atoms. The zero-order valence-corrected chi connectivity index (χ0v) is 11.7. The van der Waals surface area contributed by atoms with E-state index in [1.807, 2.05) is 0 Å². The molecule has 4 rings (SSSR count). The fourth-order valence-electron chi connectivity index (χ4n) is 2.55. The van der Waals surface area contributed by atoms with Gasteiger partial charge in [0.15, 0.2) is 0 Å². The fraction of sp³-hybridized carbons (Fsp3) is 1.00. The van der Waals surface area contributed by atoms with E-state index in [1.165, 1.54) is 0 Å². The van der Waals surface area contributed by atoms with Crippen LogP contribution in [0.3, 0.4) is 0 Å². The smallest absolute Gasteiger partial charge is 0.123 e. The lowest BCUT2D eigenvalue weighted by molar-refractivity contribution is 0.0736. The van der Waals surface area contributed by atoms with Gasteiger partial charge in [-0.3, -0.25) is 0 Å². The van der Waals surface area contributed by atoms with Gasteiger partial charge in [-0.2, -0.15) is 0 Å². The van der Waals surface area contributed by atoms with Gasteiger partial charge in [-0.05, 0) is 74.8 Å². The number of rotatable bonds is 1. The summed E-state index contributed by atoms with van der Waals surface area (Å²) in [4.78, 5) is 0. The Morgan fingerprint density at radius 3 is 2.86 bits per heavy atom. The van der Waals surface area contributed by atoms with Gasteiger partial charge in [0.05, 0.1) is 0 Å². The topological polar surface area (TPSA) is 24.1 Å². The Balaban J connectivity index is 2.40. The van der Waals surface area contributed by atoms with Crippen molar-refractivity contribution < 1.29 is 34.4 Å². The zero-order valence-electron chi connectivity index (χ0n) is 36.7. The summed E-state index contributed by atoms with van der Waals surface area (Å²) in [6.45, 7) is -2.04. The molecule has 0 bridgehead atoms. The predicted octanol–water partition coefficient (Wildman–Crippen LogP) is 3.71. The second-order valence-electron chi connectivity index (χ2n) is 5.44. The molecule has 2 heteroatoms. The maximum Gasteiger partial charge on any atom is 0.123 e. The molecule has 2 saturated heterocycles. The number of piperidine rings is 1. The maximum absolute atomic E-state index is 9.68. The van der Waals surface area contributed by atoms with E-state index < -0.39 is 116 Å². The van der Waals surface area contributed by atoms with Crippen molar-refractivity contribution in [2.24, 2.45) is 23.6 Å². The van der Waals surface area contributed by atoms with Crippen LogP contribution in [0.1, 0.15) is 103 Å². The van der Waals surface area contributed by atoms with E-state index >= 15 is 0 Å². The molecular formula is C19H34N2. The van der Waals surface area contributed by atoms with Crippen LogP contribution in [0.25, 0.3) is 0 Å². The summed E-state index contributed by atoms with van der Waals surface area (Å²) in [5.41, 5.74) is -4.14. The third kappa shape index (κ3) is 2.37. The van der Waals surface area contributed by atoms with Gasteiger partial charge in [-0.25, -0.2) is 0 Å². The highest BCUT2D eigenvalue weighted by Crippen LogP contribution is 2.49. The minimum Gasteiger partial charge on any atom is -0.310 e. The van der Waals surface area contributed by atoms with E-state index in [-0.39, 0.29) is 0 Å². The minimum atomic E-state index is -4.68. The van der Waals surface area contributed by atoms with Crippen LogP contribution in [0.15, 0.2) is 0 Å². The first-order valence-electron chi connectivity index (χ1n) is 19.2. The van der Waals surface area contributed by atoms with Crippen LogP contribution < -0.4 is 10.6 Å².